The van der Waals surface area contributed by atoms with Gasteiger partial charge in [0.15, 0.2) is 0 Å². The van der Waals surface area contributed by atoms with Gasteiger partial charge in [-0.2, -0.15) is 0 Å². The maximum absolute atomic E-state index is 12.7. The summed E-state index contributed by atoms with van der Waals surface area (Å²) in [7, 11) is 0. The van der Waals surface area contributed by atoms with Gasteiger partial charge < -0.3 is 4.90 Å². The molecule has 3 aromatic rings. The predicted molar refractivity (Wildman–Crippen MR) is 99.2 cm³/mol. The number of benzene rings is 1. The summed E-state index contributed by atoms with van der Waals surface area (Å²) in [6, 6.07) is 10.4. The summed E-state index contributed by atoms with van der Waals surface area (Å²) in [6.07, 6.45) is 0. The first-order valence-electron chi connectivity index (χ1n) is 7.73. The smallest absolute Gasteiger partial charge is 0.329 e. The van der Waals surface area contributed by atoms with Gasteiger partial charge in [-0.05, 0) is 31.2 Å². The van der Waals surface area contributed by atoms with Crippen LogP contribution in [0.25, 0.3) is 10.9 Å². The highest BCUT2D eigenvalue weighted by Crippen LogP contribution is 2.22. The molecular formula is C17H16ClN3O3S. The minimum Gasteiger partial charge on any atom is -0.336 e. The van der Waals surface area contributed by atoms with Crippen molar-refractivity contribution in [3.63, 3.8) is 0 Å². The molecule has 0 radical (unpaired) electrons. The Morgan fingerprint density at radius 3 is 2.68 bits per heavy atom. The first kappa shape index (κ1) is 17.4. The number of amides is 1. The molecule has 25 heavy (non-hydrogen) atoms. The molecule has 0 aliphatic heterocycles. The van der Waals surface area contributed by atoms with Gasteiger partial charge in [-0.1, -0.05) is 23.7 Å². The number of thiophene rings is 1. The summed E-state index contributed by atoms with van der Waals surface area (Å²) in [5.41, 5.74) is -0.600. The molecule has 0 unspecified atom stereocenters. The molecule has 130 valence electrons. The maximum Gasteiger partial charge on any atom is 0.329 e. The van der Waals surface area contributed by atoms with Crippen LogP contribution in [0.3, 0.4) is 0 Å². The van der Waals surface area contributed by atoms with E-state index in [9.17, 15) is 14.4 Å². The molecule has 1 N–H and O–H groups in total. The fourth-order valence-electron chi connectivity index (χ4n) is 2.64. The lowest BCUT2D eigenvalue weighted by molar-refractivity contribution is -0.132. The van der Waals surface area contributed by atoms with Gasteiger partial charge in [0, 0.05) is 11.4 Å². The van der Waals surface area contributed by atoms with Crippen molar-refractivity contribution in [2.24, 2.45) is 0 Å². The van der Waals surface area contributed by atoms with Gasteiger partial charge in [-0.25, -0.2) is 4.79 Å². The lowest BCUT2D eigenvalue weighted by Gasteiger charge is -2.21. The molecule has 0 bridgehead atoms. The van der Waals surface area contributed by atoms with E-state index in [1.807, 2.05) is 13.0 Å². The van der Waals surface area contributed by atoms with Gasteiger partial charge in [-0.3, -0.25) is 19.1 Å². The lowest BCUT2D eigenvalue weighted by Crippen LogP contribution is -2.38. The van der Waals surface area contributed by atoms with E-state index in [1.165, 1.54) is 15.9 Å². The number of para-hydroxylation sites is 1. The molecule has 0 saturated heterocycles. The largest absolute Gasteiger partial charge is 0.336 e. The van der Waals surface area contributed by atoms with Crippen LogP contribution in [-0.2, 0) is 17.9 Å². The second-order valence-corrected chi connectivity index (χ2v) is 7.28. The third-order valence-corrected chi connectivity index (χ3v) is 5.12. The van der Waals surface area contributed by atoms with E-state index in [0.29, 0.717) is 28.3 Å². The fourth-order valence-corrected chi connectivity index (χ4v) is 3.74. The molecule has 1 amide bonds. The first-order valence-corrected chi connectivity index (χ1v) is 8.93. The molecule has 2 heterocycles. The molecule has 8 heteroatoms. The van der Waals surface area contributed by atoms with Crippen molar-refractivity contribution < 1.29 is 4.79 Å². The first-order chi connectivity index (χ1) is 12.0. The molecule has 1 aromatic carbocycles. The third kappa shape index (κ3) is 3.67. The molecular weight excluding hydrogens is 362 g/mol. The Morgan fingerprint density at radius 1 is 1.24 bits per heavy atom. The van der Waals surface area contributed by atoms with Gasteiger partial charge in [0.05, 0.1) is 21.8 Å². The number of nitrogens with zero attached hydrogens (tertiary/aromatic N) is 2. The number of nitrogens with one attached hydrogen (secondary N) is 1. The molecule has 0 spiro atoms. The van der Waals surface area contributed by atoms with Crippen LogP contribution in [0.2, 0.25) is 4.34 Å². The van der Waals surface area contributed by atoms with E-state index in [2.05, 4.69) is 4.98 Å². The minimum absolute atomic E-state index is 0.136. The van der Waals surface area contributed by atoms with Crippen molar-refractivity contribution >= 4 is 39.7 Å². The zero-order valence-corrected chi connectivity index (χ0v) is 15.1. The average molecular weight is 378 g/mol. The number of hydrogen-bond donors (Lipinski definition) is 1. The summed E-state index contributed by atoms with van der Waals surface area (Å²) in [4.78, 5) is 41.6. The molecule has 0 saturated carbocycles. The molecule has 0 aliphatic carbocycles. The van der Waals surface area contributed by atoms with Crippen LogP contribution in [-0.4, -0.2) is 26.9 Å². The Hall–Kier alpha value is -2.38. The molecule has 0 atom stereocenters. The Bertz CT molecular complexity index is 1040. The monoisotopic (exact) mass is 377 g/mol. The number of halogens is 1. The second-order valence-electron chi connectivity index (χ2n) is 5.48. The quantitative estimate of drug-likeness (QED) is 0.742. The van der Waals surface area contributed by atoms with Crippen LogP contribution in [0.1, 0.15) is 11.8 Å². The van der Waals surface area contributed by atoms with Gasteiger partial charge in [0.2, 0.25) is 5.91 Å². The van der Waals surface area contributed by atoms with Crippen molar-refractivity contribution in [3.05, 3.63) is 66.4 Å². The Kier molecular flexibility index (Phi) is 5.06. The van der Waals surface area contributed by atoms with E-state index in [-0.39, 0.29) is 12.5 Å². The number of aromatic amines is 1. The topological polar surface area (TPSA) is 75.2 Å². The molecule has 3 rings (SSSR count). The molecule has 0 fully saturated rings. The van der Waals surface area contributed by atoms with Crippen LogP contribution in [0, 0.1) is 0 Å². The Labute approximate surface area is 152 Å². The number of carbonyl (C=O) groups is 1. The minimum atomic E-state index is -0.590. The highest BCUT2D eigenvalue weighted by molar-refractivity contribution is 7.16. The molecule has 6 nitrogen and oxygen atoms in total. The van der Waals surface area contributed by atoms with Gasteiger partial charge >= 0.3 is 5.69 Å². The van der Waals surface area contributed by atoms with Crippen molar-refractivity contribution in [2.75, 3.05) is 6.54 Å². The van der Waals surface area contributed by atoms with Crippen LogP contribution in [0.5, 0.6) is 0 Å². The van der Waals surface area contributed by atoms with E-state index < -0.39 is 11.2 Å². The number of H-pyrrole nitrogens is 1. The van der Waals surface area contributed by atoms with Crippen molar-refractivity contribution in [1.29, 1.82) is 0 Å². The van der Waals surface area contributed by atoms with Crippen molar-refractivity contribution in [3.8, 4) is 0 Å². The number of carbonyl (C=O) groups excluding carboxylic acids is 1. The number of likely N-dealkylation sites (N-methyl/N-ethyl adjacent to an activating group) is 1. The van der Waals surface area contributed by atoms with Gasteiger partial charge in [0.1, 0.15) is 6.54 Å². The second kappa shape index (κ2) is 7.25. The van der Waals surface area contributed by atoms with E-state index >= 15 is 0 Å². The van der Waals surface area contributed by atoms with E-state index in [0.717, 1.165) is 4.88 Å². The zero-order chi connectivity index (χ0) is 18.0. The third-order valence-electron chi connectivity index (χ3n) is 3.91. The highest BCUT2D eigenvalue weighted by atomic mass is 35.5. The number of aromatic nitrogens is 2. The van der Waals surface area contributed by atoms with Gasteiger partial charge in [0.25, 0.3) is 5.56 Å². The summed E-state index contributed by atoms with van der Waals surface area (Å²) in [6.45, 7) is 2.68. The molecule has 0 aliphatic rings. The number of fused-ring (bicyclic) bond motifs is 1. The van der Waals surface area contributed by atoms with E-state index in [1.54, 1.807) is 35.2 Å². The van der Waals surface area contributed by atoms with Gasteiger partial charge in [-0.15, -0.1) is 11.3 Å². The highest BCUT2D eigenvalue weighted by Gasteiger charge is 2.16. The molecule has 2 aromatic heterocycles. The van der Waals surface area contributed by atoms with Crippen LogP contribution in [0.15, 0.2) is 46.0 Å². The Morgan fingerprint density at radius 2 is 2.00 bits per heavy atom. The predicted octanol–water partition coefficient (Wildman–Crippen LogP) is 2.45. The van der Waals surface area contributed by atoms with Crippen LogP contribution < -0.4 is 11.2 Å². The zero-order valence-electron chi connectivity index (χ0n) is 13.5. The van der Waals surface area contributed by atoms with Crippen molar-refractivity contribution in [1.82, 2.24) is 14.5 Å². The summed E-state index contributed by atoms with van der Waals surface area (Å²) in [5.74, 6) is -0.202. The summed E-state index contributed by atoms with van der Waals surface area (Å²) in [5, 5.41) is 0.378. The Balaban J connectivity index is 1.90. The lowest BCUT2D eigenvalue weighted by atomic mass is 10.2. The van der Waals surface area contributed by atoms with Crippen LogP contribution in [0.4, 0.5) is 0 Å². The van der Waals surface area contributed by atoms with E-state index in [4.69, 9.17) is 11.6 Å². The summed E-state index contributed by atoms with van der Waals surface area (Å²) < 4.78 is 1.96. The average Bonchev–Trinajstić information content (AvgIpc) is 3.01. The summed E-state index contributed by atoms with van der Waals surface area (Å²) >= 11 is 7.35. The van der Waals surface area contributed by atoms with Crippen LogP contribution >= 0.6 is 22.9 Å². The maximum atomic E-state index is 12.7. The number of rotatable bonds is 5. The standard InChI is InChI=1S/C17H16ClN3O3S/c1-2-20(9-11-7-8-14(18)25-11)15(22)10-21-13-6-4-3-5-12(13)16(23)19-17(21)24/h3-8H,2,9-10H2,1H3,(H,19,23,24). The SMILES string of the molecule is CCN(Cc1ccc(Cl)s1)C(=O)Cn1c(=O)[nH]c(=O)c2ccccc21. The number of hydrogen-bond acceptors (Lipinski definition) is 4. The van der Waals surface area contributed by atoms with Crippen molar-refractivity contribution in [2.45, 2.75) is 20.0 Å². The fraction of sp³-hybridized carbons (Fsp3) is 0.235. The normalized spacial score (nSPS) is 11.0.